The normalized spacial score (nSPS) is 11.1. The molecule has 3 aromatic rings. The lowest BCUT2D eigenvalue weighted by molar-refractivity contribution is -0.137. The van der Waals surface area contributed by atoms with Crippen molar-refractivity contribution in [2.75, 3.05) is 5.32 Å². The monoisotopic (exact) mass is 432 g/mol. The van der Waals surface area contributed by atoms with Crippen molar-refractivity contribution in [1.82, 2.24) is 5.32 Å². The van der Waals surface area contributed by atoms with Crippen LogP contribution >= 0.6 is 11.6 Å². The number of carbonyl (C=O) groups is 2. The number of rotatable bonds is 3. The molecule has 0 spiro atoms. The predicted octanol–water partition coefficient (Wildman–Crippen LogP) is 6.30. The van der Waals surface area contributed by atoms with Gasteiger partial charge in [0.05, 0.1) is 16.1 Å². The maximum atomic E-state index is 13.4. The molecule has 30 heavy (non-hydrogen) atoms. The van der Waals surface area contributed by atoms with Crippen molar-refractivity contribution in [1.29, 1.82) is 0 Å². The molecule has 0 saturated heterocycles. The van der Waals surface area contributed by atoms with Crippen molar-refractivity contribution >= 4 is 29.2 Å². The van der Waals surface area contributed by atoms with Crippen LogP contribution in [-0.4, -0.2) is 11.9 Å². The second-order valence-corrected chi connectivity index (χ2v) is 6.87. The molecule has 0 aliphatic heterocycles. The molecule has 0 aliphatic rings. The average Bonchev–Trinajstić information content (AvgIpc) is 2.69. The number of amides is 3. The van der Waals surface area contributed by atoms with E-state index in [2.05, 4.69) is 10.6 Å². The van der Waals surface area contributed by atoms with Crippen molar-refractivity contribution in [3.05, 3.63) is 88.4 Å². The molecule has 0 radical (unpaired) electrons. The lowest BCUT2D eigenvalue weighted by atomic mass is 9.95. The van der Waals surface area contributed by atoms with Gasteiger partial charge in [0.1, 0.15) is 0 Å². The first kappa shape index (κ1) is 21.4. The van der Waals surface area contributed by atoms with Gasteiger partial charge in [-0.15, -0.1) is 0 Å². The highest BCUT2D eigenvalue weighted by atomic mass is 35.5. The molecule has 0 unspecified atom stereocenters. The van der Waals surface area contributed by atoms with Crippen LogP contribution in [-0.2, 0) is 6.18 Å². The van der Waals surface area contributed by atoms with Gasteiger partial charge in [0, 0.05) is 5.69 Å². The molecule has 3 aromatic carbocycles. The molecule has 0 heterocycles. The number of hydrogen-bond donors (Lipinski definition) is 2. The standard InChI is InChI=1S/C22H16ClF3N2O2/c1-13-10-11-14(12-17(13)15-6-2-4-8-18(15)22(24,25)26)27-21(30)28-20(29)16-7-3-5-9-19(16)23/h2-12H,1H3,(H2,27,28,29,30). The van der Waals surface area contributed by atoms with Crippen molar-refractivity contribution < 1.29 is 22.8 Å². The Morgan fingerprint density at radius 1 is 0.900 bits per heavy atom. The molecule has 154 valence electrons. The maximum absolute atomic E-state index is 13.4. The van der Waals surface area contributed by atoms with Crippen LogP contribution in [0.25, 0.3) is 11.1 Å². The highest BCUT2D eigenvalue weighted by Gasteiger charge is 2.33. The third-order valence-corrected chi connectivity index (χ3v) is 4.69. The third-order valence-electron chi connectivity index (χ3n) is 4.36. The van der Waals surface area contributed by atoms with Crippen LogP contribution in [0.2, 0.25) is 5.02 Å². The molecular formula is C22H16ClF3N2O2. The number of carbonyl (C=O) groups excluding carboxylic acids is 2. The van der Waals surface area contributed by atoms with Crippen LogP contribution in [0.1, 0.15) is 21.5 Å². The first-order valence-corrected chi connectivity index (χ1v) is 9.18. The van der Waals surface area contributed by atoms with Gasteiger partial charge in [-0.3, -0.25) is 10.1 Å². The highest BCUT2D eigenvalue weighted by Crippen LogP contribution is 2.38. The molecule has 0 aromatic heterocycles. The van der Waals surface area contributed by atoms with Gasteiger partial charge in [0.2, 0.25) is 0 Å². The molecule has 4 nitrogen and oxygen atoms in total. The predicted molar refractivity (Wildman–Crippen MR) is 110 cm³/mol. The number of halogens is 4. The number of urea groups is 1. The number of aryl methyl sites for hydroxylation is 1. The zero-order valence-corrected chi connectivity index (χ0v) is 16.4. The summed E-state index contributed by atoms with van der Waals surface area (Å²) >= 11 is 5.94. The summed E-state index contributed by atoms with van der Waals surface area (Å²) in [4.78, 5) is 24.4. The average molecular weight is 433 g/mol. The first-order chi connectivity index (χ1) is 14.2. The fourth-order valence-corrected chi connectivity index (χ4v) is 3.15. The maximum Gasteiger partial charge on any atom is 0.417 e. The van der Waals surface area contributed by atoms with Crippen molar-refractivity contribution in [2.45, 2.75) is 13.1 Å². The second-order valence-electron chi connectivity index (χ2n) is 6.46. The van der Waals surface area contributed by atoms with E-state index in [-0.39, 0.29) is 21.8 Å². The van der Waals surface area contributed by atoms with Crippen LogP contribution in [0.15, 0.2) is 66.7 Å². The zero-order valence-electron chi connectivity index (χ0n) is 15.7. The lowest BCUT2D eigenvalue weighted by Gasteiger charge is -2.16. The van der Waals surface area contributed by atoms with Gasteiger partial charge in [-0.25, -0.2) is 4.79 Å². The largest absolute Gasteiger partial charge is 0.417 e. The fourth-order valence-electron chi connectivity index (χ4n) is 2.93. The smallest absolute Gasteiger partial charge is 0.308 e. The number of nitrogens with one attached hydrogen (secondary N) is 2. The summed E-state index contributed by atoms with van der Waals surface area (Å²) in [5.74, 6) is -0.701. The molecule has 3 rings (SSSR count). The van der Waals surface area contributed by atoms with Crippen molar-refractivity contribution in [2.24, 2.45) is 0 Å². The summed E-state index contributed by atoms with van der Waals surface area (Å²) in [6.45, 7) is 1.67. The van der Waals surface area contributed by atoms with E-state index >= 15 is 0 Å². The van der Waals surface area contributed by atoms with E-state index < -0.39 is 23.7 Å². The van der Waals surface area contributed by atoms with E-state index in [0.717, 1.165) is 6.07 Å². The van der Waals surface area contributed by atoms with E-state index in [0.29, 0.717) is 11.1 Å². The van der Waals surface area contributed by atoms with E-state index in [9.17, 15) is 22.8 Å². The fraction of sp³-hybridized carbons (Fsp3) is 0.0909. The van der Waals surface area contributed by atoms with Crippen LogP contribution in [0, 0.1) is 6.92 Å². The zero-order chi connectivity index (χ0) is 21.9. The molecule has 0 aliphatic carbocycles. The Morgan fingerprint density at radius 2 is 1.57 bits per heavy atom. The summed E-state index contributed by atoms with van der Waals surface area (Å²) in [7, 11) is 0. The minimum Gasteiger partial charge on any atom is -0.308 e. The minimum atomic E-state index is -4.52. The number of alkyl halides is 3. The Kier molecular flexibility index (Phi) is 6.12. The van der Waals surface area contributed by atoms with Gasteiger partial charge in [0.15, 0.2) is 0 Å². The second kappa shape index (κ2) is 8.59. The Bertz CT molecular complexity index is 1110. The van der Waals surface area contributed by atoms with Crippen molar-refractivity contribution in [3.63, 3.8) is 0 Å². The third kappa shape index (κ3) is 4.80. The number of imide groups is 1. The Hall–Kier alpha value is -3.32. The molecule has 8 heteroatoms. The minimum absolute atomic E-state index is 0.00120. The van der Waals surface area contributed by atoms with E-state index in [1.165, 1.54) is 42.5 Å². The summed E-state index contributed by atoms with van der Waals surface area (Å²) < 4.78 is 40.2. The molecule has 2 N–H and O–H groups in total. The Labute approximate surface area is 175 Å². The van der Waals surface area contributed by atoms with Gasteiger partial charge in [-0.1, -0.05) is 48.0 Å². The molecular weight excluding hydrogens is 417 g/mol. The van der Waals surface area contributed by atoms with Gasteiger partial charge < -0.3 is 5.32 Å². The first-order valence-electron chi connectivity index (χ1n) is 8.81. The highest BCUT2D eigenvalue weighted by molar-refractivity contribution is 6.34. The van der Waals surface area contributed by atoms with Gasteiger partial charge in [-0.05, 0) is 53.9 Å². The number of hydrogen-bond acceptors (Lipinski definition) is 2. The van der Waals surface area contributed by atoms with Crippen molar-refractivity contribution in [3.8, 4) is 11.1 Å². The van der Waals surface area contributed by atoms with Gasteiger partial charge in [0.25, 0.3) is 5.91 Å². The van der Waals surface area contributed by atoms with Crippen LogP contribution in [0.3, 0.4) is 0 Å². The lowest BCUT2D eigenvalue weighted by Crippen LogP contribution is -2.34. The summed E-state index contributed by atoms with van der Waals surface area (Å²) in [6, 6.07) is 15.1. The Morgan fingerprint density at radius 3 is 2.27 bits per heavy atom. The quantitative estimate of drug-likeness (QED) is 0.510. The molecule has 0 bridgehead atoms. The van der Waals surface area contributed by atoms with E-state index in [1.54, 1.807) is 25.1 Å². The number of benzene rings is 3. The van der Waals surface area contributed by atoms with Crippen LogP contribution in [0.4, 0.5) is 23.7 Å². The molecule has 0 fully saturated rings. The summed E-state index contributed by atoms with van der Waals surface area (Å²) in [5, 5.41) is 4.79. The van der Waals surface area contributed by atoms with Crippen LogP contribution in [0.5, 0.6) is 0 Å². The van der Waals surface area contributed by atoms with Gasteiger partial charge >= 0.3 is 12.2 Å². The van der Waals surface area contributed by atoms with Crippen LogP contribution < -0.4 is 10.6 Å². The molecule has 0 atom stereocenters. The topological polar surface area (TPSA) is 58.2 Å². The SMILES string of the molecule is Cc1ccc(NC(=O)NC(=O)c2ccccc2Cl)cc1-c1ccccc1C(F)(F)F. The summed E-state index contributed by atoms with van der Waals surface area (Å²) in [5.41, 5.74) is 0.500. The number of anilines is 1. The molecule has 0 saturated carbocycles. The van der Waals surface area contributed by atoms with E-state index in [4.69, 9.17) is 11.6 Å². The molecule has 3 amide bonds. The summed E-state index contributed by atoms with van der Waals surface area (Å²) in [6.07, 6.45) is -4.52. The van der Waals surface area contributed by atoms with Gasteiger partial charge in [-0.2, -0.15) is 13.2 Å². The van der Waals surface area contributed by atoms with E-state index in [1.807, 2.05) is 0 Å². The Balaban J connectivity index is 1.84.